The second-order valence-electron chi connectivity index (χ2n) is 8.74. The van der Waals surface area contributed by atoms with Crippen molar-refractivity contribution in [1.82, 2.24) is 10.2 Å². The van der Waals surface area contributed by atoms with E-state index in [1.54, 1.807) is 0 Å². The van der Waals surface area contributed by atoms with Gasteiger partial charge in [-0.15, -0.1) is 0 Å². The molecule has 3 rings (SSSR count). The molecule has 1 heterocycles. The molecule has 3 fully saturated rings. The molecule has 0 amide bonds. The summed E-state index contributed by atoms with van der Waals surface area (Å²) in [6.45, 7) is 11.2. The number of hydrogen-bond acceptors (Lipinski definition) is 2. The lowest BCUT2D eigenvalue weighted by Gasteiger charge is -2.49. The van der Waals surface area contributed by atoms with E-state index < -0.39 is 0 Å². The van der Waals surface area contributed by atoms with Crippen molar-refractivity contribution in [3.05, 3.63) is 0 Å². The molecule has 1 atom stereocenters. The van der Waals surface area contributed by atoms with Crippen molar-refractivity contribution in [2.45, 2.75) is 83.7 Å². The van der Waals surface area contributed by atoms with E-state index >= 15 is 0 Å². The van der Waals surface area contributed by atoms with Crippen LogP contribution in [0, 0.1) is 17.8 Å². The van der Waals surface area contributed by atoms with Crippen molar-refractivity contribution >= 4 is 0 Å². The Morgan fingerprint density at radius 2 is 1.76 bits per heavy atom. The maximum absolute atomic E-state index is 3.96. The van der Waals surface area contributed by atoms with Crippen LogP contribution in [-0.2, 0) is 0 Å². The molecule has 0 radical (unpaired) electrons. The second kappa shape index (κ2) is 6.58. The van der Waals surface area contributed by atoms with E-state index in [0.29, 0.717) is 5.54 Å². The van der Waals surface area contributed by atoms with Crippen molar-refractivity contribution < 1.29 is 0 Å². The molecule has 1 saturated heterocycles. The molecule has 2 aliphatic carbocycles. The molecular formula is C19H36N2. The predicted molar refractivity (Wildman–Crippen MR) is 90.5 cm³/mol. The first-order valence-corrected chi connectivity index (χ1v) is 9.57. The van der Waals surface area contributed by atoms with E-state index in [1.165, 1.54) is 71.0 Å². The van der Waals surface area contributed by atoms with Gasteiger partial charge in [-0.25, -0.2) is 0 Å². The van der Waals surface area contributed by atoms with Crippen LogP contribution in [-0.4, -0.2) is 36.1 Å². The smallest absolute Gasteiger partial charge is 0.0309 e. The average molecular weight is 293 g/mol. The lowest BCUT2D eigenvalue weighted by Crippen LogP contribution is -2.65. The maximum atomic E-state index is 3.96. The van der Waals surface area contributed by atoms with Gasteiger partial charge in [0.05, 0.1) is 0 Å². The van der Waals surface area contributed by atoms with Gasteiger partial charge in [0.25, 0.3) is 0 Å². The summed E-state index contributed by atoms with van der Waals surface area (Å²) in [6, 6.07) is 0.760. The zero-order valence-electron chi connectivity index (χ0n) is 14.5. The van der Waals surface area contributed by atoms with E-state index in [1.807, 2.05) is 0 Å². The summed E-state index contributed by atoms with van der Waals surface area (Å²) in [5.41, 5.74) is 0.480. The fraction of sp³-hybridized carbons (Fsp3) is 1.00. The summed E-state index contributed by atoms with van der Waals surface area (Å²) >= 11 is 0. The highest BCUT2D eigenvalue weighted by Gasteiger charge is 2.42. The summed E-state index contributed by atoms with van der Waals surface area (Å²) in [4.78, 5) is 2.90. The fourth-order valence-electron chi connectivity index (χ4n) is 5.10. The monoisotopic (exact) mass is 292 g/mol. The van der Waals surface area contributed by atoms with Crippen LogP contribution in [0.3, 0.4) is 0 Å². The molecule has 0 aromatic heterocycles. The minimum absolute atomic E-state index is 0.480. The first-order valence-electron chi connectivity index (χ1n) is 9.57. The van der Waals surface area contributed by atoms with Crippen LogP contribution in [0.2, 0.25) is 0 Å². The average Bonchev–Trinajstić information content (AvgIpc) is 2.89. The summed E-state index contributed by atoms with van der Waals surface area (Å²) in [6.07, 6.45) is 11.6. The van der Waals surface area contributed by atoms with Gasteiger partial charge >= 0.3 is 0 Å². The van der Waals surface area contributed by atoms with Gasteiger partial charge in [0.15, 0.2) is 0 Å². The number of rotatable bonds is 3. The molecule has 0 bridgehead atoms. The number of nitrogens with zero attached hydrogens (tertiary/aromatic N) is 1. The normalized spacial score (nSPS) is 37.4. The van der Waals surface area contributed by atoms with E-state index in [9.17, 15) is 0 Å². The molecule has 122 valence electrons. The van der Waals surface area contributed by atoms with Crippen molar-refractivity contribution in [3.63, 3.8) is 0 Å². The third kappa shape index (κ3) is 3.64. The summed E-state index contributed by atoms with van der Waals surface area (Å²) < 4.78 is 0. The molecule has 1 aliphatic heterocycles. The van der Waals surface area contributed by atoms with E-state index in [0.717, 1.165) is 23.8 Å². The van der Waals surface area contributed by atoms with Crippen molar-refractivity contribution in [3.8, 4) is 0 Å². The molecule has 2 nitrogen and oxygen atoms in total. The quantitative estimate of drug-likeness (QED) is 0.844. The Hall–Kier alpha value is -0.0800. The molecule has 1 spiro atoms. The third-order valence-electron chi connectivity index (χ3n) is 6.62. The Balaban J connectivity index is 1.63. The molecule has 1 unspecified atom stereocenters. The van der Waals surface area contributed by atoms with Gasteiger partial charge in [-0.3, -0.25) is 4.90 Å². The zero-order chi connectivity index (χ0) is 14.9. The van der Waals surface area contributed by atoms with Crippen LogP contribution in [0.1, 0.15) is 72.1 Å². The van der Waals surface area contributed by atoms with Crippen LogP contribution in [0.5, 0.6) is 0 Å². The highest BCUT2D eigenvalue weighted by Crippen LogP contribution is 2.36. The number of piperazine rings is 1. The van der Waals surface area contributed by atoms with Gasteiger partial charge in [-0.05, 0) is 43.4 Å². The van der Waals surface area contributed by atoms with Crippen molar-refractivity contribution in [2.24, 2.45) is 17.8 Å². The fourth-order valence-corrected chi connectivity index (χ4v) is 5.10. The van der Waals surface area contributed by atoms with Crippen LogP contribution >= 0.6 is 0 Å². The molecule has 21 heavy (non-hydrogen) atoms. The van der Waals surface area contributed by atoms with Crippen LogP contribution in [0.25, 0.3) is 0 Å². The van der Waals surface area contributed by atoms with E-state index in [2.05, 4.69) is 31.0 Å². The largest absolute Gasteiger partial charge is 0.308 e. The second-order valence-corrected chi connectivity index (χ2v) is 8.74. The molecule has 1 N–H and O–H groups in total. The summed E-state index contributed by atoms with van der Waals surface area (Å²) in [5.74, 6) is 2.73. The highest BCUT2D eigenvalue weighted by molar-refractivity contribution is 5.01. The molecular weight excluding hydrogens is 256 g/mol. The lowest BCUT2D eigenvalue weighted by molar-refractivity contribution is 0.0370. The minimum atomic E-state index is 0.480. The molecule has 3 aliphatic rings. The number of hydrogen-bond donors (Lipinski definition) is 1. The van der Waals surface area contributed by atoms with Crippen LogP contribution in [0.15, 0.2) is 0 Å². The first kappa shape index (κ1) is 15.8. The van der Waals surface area contributed by atoms with Crippen LogP contribution < -0.4 is 5.32 Å². The standard InChI is InChI=1S/C19H36N2/c1-15(2)18-12-20-19(10-4-5-11-19)14-21(18)13-17-8-6-16(3)7-9-17/h15-18,20H,4-14H2,1-3H3. The SMILES string of the molecule is CC1CCC(CN2CC3(CCCC3)NCC2C(C)C)CC1. The maximum Gasteiger partial charge on any atom is 0.0309 e. The summed E-state index contributed by atoms with van der Waals surface area (Å²) in [5, 5.41) is 3.96. The van der Waals surface area contributed by atoms with Gasteiger partial charge < -0.3 is 5.32 Å². The van der Waals surface area contributed by atoms with Crippen LogP contribution in [0.4, 0.5) is 0 Å². The lowest BCUT2D eigenvalue weighted by atomic mass is 9.81. The van der Waals surface area contributed by atoms with Crippen molar-refractivity contribution in [1.29, 1.82) is 0 Å². The molecule has 0 aromatic carbocycles. The minimum Gasteiger partial charge on any atom is -0.308 e. The zero-order valence-corrected chi connectivity index (χ0v) is 14.5. The molecule has 0 aromatic rings. The van der Waals surface area contributed by atoms with Gasteiger partial charge in [0.2, 0.25) is 0 Å². The Morgan fingerprint density at radius 3 is 2.38 bits per heavy atom. The van der Waals surface area contributed by atoms with E-state index in [4.69, 9.17) is 0 Å². The Morgan fingerprint density at radius 1 is 1.10 bits per heavy atom. The third-order valence-corrected chi connectivity index (χ3v) is 6.62. The van der Waals surface area contributed by atoms with Gasteiger partial charge in [-0.1, -0.05) is 46.5 Å². The highest BCUT2D eigenvalue weighted by atomic mass is 15.3. The van der Waals surface area contributed by atoms with Gasteiger partial charge in [0, 0.05) is 31.2 Å². The summed E-state index contributed by atoms with van der Waals surface area (Å²) in [7, 11) is 0. The number of nitrogens with one attached hydrogen (secondary N) is 1. The first-order chi connectivity index (χ1) is 10.1. The Kier molecular flexibility index (Phi) is 4.95. The predicted octanol–water partition coefficient (Wildman–Crippen LogP) is 4.06. The van der Waals surface area contributed by atoms with E-state index in [-0.39, 0.29) is 0 Å². The van der Waals surface area contributed by atoms with Gasteiger partial charge in [-0.2, -0.15) is 0 Å². The Labute approximate surface area is 132 Å². The molecule has 2 saturated carbocycles. The Bertz CT molecular complexity index is 324. The topological polar surface area (TPSA) is 15.3 Å². The molecule has 2 heteroatoms. The van der Waals surface area contributed by atoms with Crippen molar-refractivity contribution in [2.75, 3.05) is 19.6 Å². The van der Waals surface area contributed by atoms with Gasteiger partial charge in [0.1, 0.15) is 0 Å².